The molecule has 1 aromatic carbocycles. The molecule has 2 aromatic rings. The Balaban J connectivity index is 1.73. The van der Waals surface area contributed by atoms with Gasteiger partial charge in [-0.15, -0.1) is 0 Å². The van der Waals surface area contributed by atoms with Crippen LogP contribution in [-0.2, 0) is 9.84 Å². The van der Waals surface area contributed by atoms with Gasteiger partial charge in [-0.3, -0.25) is 10.4 Å². The summed E-state index contributed by atoms with van der Waals surface area (Å²) in [6, 6.07) is 8.96. The van der Waals surface area contributed by atoms with Gasteiger partial charge in [0.05, 0.1) is 16.8 Å². The number of benzene rings is 1. The molecule has 1 aromatic heterocycles. The van der Waals surface area contributed by atoms with Crippen molar-refractivity contribution in [1.29, 1.82) is 0 Å². The number of anilines is 2. The molecule has 0 spiro atoms. The summed E-state index contributed by atoms with van der Waals surface area (Å²) >= 11 is 0. The molecular formula is C21H26N6O2S+. The fourth-order valence-corrected chi connectivity index (χ4v) is 4.26. The van der Waals surface area contributed by atoms with Crippen molar-refractivity contribution in [2.24, 2.45) is 10.9 Å². The molecule has 157 valence electrons. The predicted molar refractivity (Wildman–Crippen MR) is 119 cm³/mol. The second-order valence-electron chi connectivity index (χ2n) is 7.71. The first-order valence-corrected chi connectivity index (χ1v) is 11.6. The van der Waals surface area contributed by atoms with Crippen LogP contribution in [0.4, 0.5) is 11.5 Å². The van der Waals surface area contributed by atoms with Crippen LogP contribution in [-0.4, -0.2) is 36.7 Å². The van der Waals surface area contributed by atoms with Crippen molar-refractivity contribution in [3.8, 4) is 0 Å². The van der Waals surface area contributed by atoms with Gasteiger partial charge in [-0.05, 0) is 30.0 Å². The Labute approximate surface area is 176 Å². The van der Waals surface area contributed by atoms with Crippen LogP contribution in [0, 0.1) is 12.8 Å². The molecule has 30 heavy (non-hydrogen) atoms. The number of rotatable bonds is 6. The molecule has 0 unspecified atom stereocenters. The van der Waals surface area contributed by atoms with E-state index in [1.807, 2.05) is 41.3 Å². The maximum Gasteiger partial charge on any atom is 0.284 e. The van der Waals surface area contributed by atoms with Gasteiger partial charge < -0.3 is 4.90 Å². The molecule has 3 heterocycles. The van der Waals surface area contributed by atoms with E-state index in [1.54, 1.807) is 25.1 Å². The second kappa shape index (κ2) is 7.73. The highest BCUT2D eigenvalue weighted by Crippen LogP contribution is 2.29. The summed E-state index contributed by atoms with van der Waals surface area (Å²) in [4.78, 5) is 9.16. The molecule has 8 nitrogen and oxygen atoms in total. The number of hydrogen-bond acceptors (Lipinski definition) is 7. The number of fused-ring (bicyclic) bond motifs is 1. The van der Waals surface area contributed by atoms with Gasteiger partial charge in [0, 0.05) is 23.4 Å². The van der Waals surface area contributed by atoms with Gasteiger partial charge in [-0.1, -0.05) is 26.8 Å². The zero-order valence-corrected chi connectivity index (χ0v) is 18.4. The molecule has 2 aliphatic heterocycles. The average molecular weight is 427 g/mol. The quantitative estimate of drug-likeness (QED) is 0.691. The molecule has 2 N–H and O–H groups in total. The number of aromatic nitrogens is 2. The first kappa shape index (κ1) is 20.4. The number of allylic oxidation sites excluding steroid dienone is 1. The number of aliphatic imine (C=N–C) groups is 1. The summed E-state index contributed by atoms with van der Waals surface area (Å²) in [6.45, 7) is 8.35. The Hall–Kier alpha value is -2.91. The fourth-order valence-electron chi connectivity index (χ4n) is 3.34. The molecule has 0 atom stereocenters. The monoisotopic (exact) mass is 426 g/mol. The van der Waals surface area contributed by atoms with Gasteiger partial charge in [0.1, 0.15) is 12.2 Å². The molecular weight excluding hydrogens is 400 g/mol. The van der Waals surface area contributed by atoms with Gasteiger partial charge in [0.2, 0.25) is 0 Å². The molecule has 1 radical (unpaired) electrons. The third-order valence-corrected chi connectivity index (χ3v) is 6.82. The van der Waals surface area contributed by atoms with Crippen LogP contribution < -0.4 is 15.1 Å². The van der Waals surface area contributed by atoms with E-state index in [9.17, 15) is 8.42 Å². The number of amidine groups is 1. The lowest BCUT2D eigenvalue weighted by molar-refractivity contribution is 0.597. The van der Waals surface area contributed by atoms with Crippen molar-refractivity contribution < 1.29 is 8.42 Å². The van der Waals surface area contributed by atoms with Crippen molar-refractivity contribution in [1.82, 2.24) is 15.1 Å². The smallest absolute Gasteiger partial charge is 0.284 e. The standard InChI is InChI=1S/C21H26N6O2S/c1-5-30(28,29)17-8-6-7-16(10-17)26-12-20-22-18(14(2)3)11-27(20)21(13-26)23-19-9-15(4)24-25-19/h6-11,13-14H,5,12H2,1-4H3,(H2,23,24,25)/q+1. The van der Waals surface area contributed by atoms with Gasteiger partial charge in [0.15, 0.2) is 21.9 Å². The molecule has 0 amide bonds. The Morgan fingerprint density at radius 3 is 2.77 bits per heavy atom. The molecule has 0 fully saturated rings. The van der Waals surface area contributed by atoms with Crippen LogP contribution in [0.1, 0.15) is 26.5 Å². The molecule has 0 aliphatic carbocycles. The first-order chi connectivity index (χ1) is 14.3. The number of hydrogen-bond donors (Lipinski definition) is 2. The highest BCUT2D eigenvalue weighted by Gasteiger charge is 2.40. The molecule has 2 aliphatic rings. The van der Waals surface area contributed by atoms with Crippen molar-refractivity contribution in [2.45, 2.75) is 32.6 Å². The van der Waals surface area contributed by atoms with Crippen LogP contribution in [0.25, 0.3) is 0 Å². The largest absolute Gasteiger partial charge is 0.329 e. The number of sulfone groups is 1. The number of H-pyrrole nitrogens is 1. The normalized spacial score (nSPS) is 17.0. The van der Waals surface area contributed by atoms with Gasteiger partial charge >= 0.3 is 0 Å². The lowest BCUT2D eigenvalue weighted by atomic mass is 10.2. The first-order valence-electron chi connectivity index (χ1n) is 9.95. The predicted octanol–water partition coefficient (Wildman–Crippen LogP) is 3.29. The third kappa shape index (κ3) is 3.90. The zero-order valence-electron chi connectivity index (χ0n) is 17.5. The third-order valence-electron chi connectivity index (χ3n) is 5.09. The lowest BCUT2D eigenvalue weighted by Crippen LogP contribution is -2.45. The number of aromatic amines is 1. The number of aryl methyl sites for hydroxylation is 1. The highest BCUT2D eigenvalue weighted by atomic mass is 32.2. The van der Waals surface area contributed by atoms with Crippen LogP contribution >= 0.6 is 0 Å². The van der Waals surface area contributed by atoms with Crippen LogP contribution in [0.5, 0.6) is 0 Å². The minimum absolute atomic E-state index is 0.0692. The van der Waals surface area contributed by atoms with E-state index in [-0.39, 0.29) is 5.75 Å². The summed E-state index contributed by atoms with van der Waals surface area (Å²) in [6.07, 6.45) is 3.99. The van der Waals surface area contributed by atoms with E-state index in [1.165, 1.54) is 0 Å². The average Bonchev–Trinajstić information content (AvgIpc) is 3.34. The van der Waals surface area contributed by atoms with Crippen LogP contribution in [0.2, 0.25) is 0 Å². The minimum atomic E-state index is -3.28. The summed E-state index contributed by atoms with van der Waals surface area (Å²) in [7, 11) is -3.28. The van der Waals surface area contributed by atoms with Crippen LogP contribution in [0.15, 0.2) is 64.1 Å². The SMILES string of the molecule is CCS(=O)(=O)c1cccc(N2C=C(Nc3cc(C)[nH]n3)[N+]3C=C(C(C)C)N=C3C2)c1. The number of nitrogens with one attached hydrogen (secondary N) is 2. The van der Waals surface area contributed by atoms with Crippen molar-refractivity contribution in [3.05, 3.63) is 59.9 Å². The van der Waals surface area contributed by atoms with E-state index in [2.05, 4.69) is 29.4 Å². The zero-order chi connectivity index (χ0) is 21.5. The Morgan fingerprint density at radius 1 is 1.30 bits per heavy atom. The van der Waals surface area contributed by atoms with E-state index in [4.69, 9.17) is 4.99 Å². The van der Waals surface area contributed by atoms with Crippen molar-refractivity contribution in [3.63, 3.8) is 0 Å². The van der Waals surface area contributed by atoms with E-state index in [0.29, 0.717) is 23.2 Å². The van der Waals surface area contributed by atoms with Gasteiger partial charge in [0.25, 0.3) is 11.7 Å². The topological polar surface area (TPSA) is 96.4 Å². The van der Waals surface area contributed by atoms with Gasteiger partial charge in [-0.2, -0.15) is 10.1 Å². The number of nitrogens with zero attached hydrogens (tertiary/aromatic N) is 4. The maximum atomic E-state index is 12.3. The van der Waals surface area contributed by atoms with E-state index in [0.717, 1.165) is 28.7 Å². The van der Waals surface area contributed by atoms with Crippen LogP contribution in [0.3, 0.4) is 0 Å². The molecule has 4 rings (SSSR count). The Bertz CT molecular complexity index is 1160. The summed E-state index contributed by atoms with van der Waals surface area (Å²) in [5, 5.41) is 10.6. The van der Waals surface area contributed by atoms with Crippen molar-refractivity contribution >= 4 is 27.2 Å². The summed E-state index contributed by atoms with van der Waals surface area (Å²) in [5.74, 6) is 2.74. The molecule has 0 saturated heterocycles. The maximum absolute atomic E-state index is 12.3. The van der Waals surface area contributed by atoms with E-state index >= 15 is 0 Å². The second-order valence-corrected chi connectivity index (χ2v) is 9.99. The van der Waals surface area contributed by atoms with Crippen molar-refractivity contribution in [2.75, 3.05) is 22.5 Å². The Kier molecular flexibility index (Phi) is 5.25. The summed E-state index contributed by atoms with van der Waals surface area (Å²) in [5.41, 5.74) is 2.75. The van der Waals surface area contributed by atoms with E-state index < -0.39 is 9.84 Å². The highest BCUT2D eigenvalue weighted by molar-refractivity contribution is 7.91. The van der Waals surface area contributed by atoms with Gasteiger partial charge in [-0.25, -0.2) is 8.42 Å². The minimum Gasteiger partial charge on any atom is -0.329 e. The molecule has 9 heteroatoms. The lowest BCUT2D eigenvalue weighted by Gasteiger charge is -2.25. The summed E-state index contributed by atoms with van der Waals surface area (Å²) < 4.78 is 24.7. The fraction of sp³-hybridized carbons (Fsp3) is 0.333. The molecule has 0 saturated carbocycles. The molecule has 0 bridgehead atoms. The Morgan fingerprint density at radius 2 is 2.10 bits per heavy atom.